The van der Waals surface area contributed by atoms with Crippen LogP contribution in [0, 0.1) is 0 Å². The quantitative estimate of drug-likeness (QED) is 0.332. The summed E-state index contributed by atoms with van der Waals surface area (Å²) in [6.07, 6.45) is 0. The van der Waals surface area contributed by atoms with Crippen molar-refractivity contribution in [1.29, 1.82) is 0 Å². The zero-order valence-electron chi connectivity index (χ0n) is 2.14. The van der Waals surface area contributed by atoms with Crippen LogP contribution in [0.5, 0.6) is 0 Å². The summed E-state index contributed by atoms with van der Waals surface area (Å²) in [5.41, 5.74) is 0. The van der Waals surface area contributed by atoms with E-state index in [0.29, 0.717) is 0 Å². The molecular formula is Br2I2Ni2. The Morgan fingerprint density at radius 1 is 1.17 bits per heavy atom. The molecule has 0 amide bonds. The minimum absolute atomic E-state index is 1.25. The van der Waals surface area contributed by atoms with Gasteiger partial charge in [0.25, 0.3) is 0 Å². The van der Waals surface area contributed by atoms with Crippen LogP contribution in [0.2, 0.25) is 0 Å². The first-order valence-corrected chi connectivity index (χ1v) is 11.7. The van der Waals surface area contributed by atoms with E-state index in [1.807, 2.05) is 0 Å². The van der Waals surface area contributed by atoms with E-state index in [2.05, 4.69) is 69.4 Å². The Hall–Kier alpha value is 3.41. The van der Waals surface area contributed by atoms with Crippen molar-refractivity contribution in [2.45, 2.75) is 0 Å². The number of halogens is 4. The van der Waals surface area contributed by atoms with E-state index in [1.54, 1.807) is 8.07 Å². The summed E-state index contributed by atoms with van der Waals surface area (Å²) in [6, 6.07) is 0. The first-order valence-electron chi connectivity index (χ1n) is 0.478. The summed E-state index contributed by atoms with van der Waals surface area (Å²) in [6.45, 7) is 0. The molecule has 0 aliphatic rings. The van der Waals surface area contributed by atoms with Gasteiger partial charge in [-0.05, 0) is 0 Å². The van der Waals surface area contributed by atoms with Gasteiger partial charge in [0, 0.05) is 0 Å². The van der Waals surface area contributed by atoms with Gasteiger partial charge in [0.15, 0.2) is 0 Å². The number of hydrogen-bond donors (Lipinski definition) is 0. The average Bonchev–Trinajstić information content (AvgIpc) is 1.39. The summed E-state index contributed by atoms with van der Waals surface area (Å²) < 4.78 is 0. The molecule has 0 radical (unpaired) electrons. The Balaban J connectivity index is 0. The molecule has 0 aliphatic carbocycles. The van der Waals surface area contributed by atoms with E-state index in [4.69, 9.17) is 0 Å². The van der Waals surface area contributed by atoms with E-state index >= 15 is 0 Å². The predicted molar refractivity (Wildman–Crippen MR) is 45.9 cm³/mol. The van der Waals surface area contributed by atoms with E-state index < -0.39 is 0 Å². The third-order valence-electron chi connectivity index (χ3n) is 0. The van der Waals surface area contributed by atoms with Crippen LogP contribution < -0.4 is 0 Å². The van der Waals surface area contributed by atoms with Gasteiger partial charge >= 0.3 is 88.4 Å². The van der Waals surface area contributed by atoms with Crippen LogP contribution in [0.25, 0.3) is 0 Å². The van der Waals surface area contributed by atoms with Gasteiger partial charge in [0.05, 0.1) is 0 Å². The Kier molecular flexibility index (Phi) is 31.9. The van der Waals surface area contributed by atoms with Crippen molar-refractivity contribution in [1.82, 2.24) is 0 Å². The van der Waals surface area contributed by atoms with Crippen LogP contribution in [-0.4, -0.2) is 0 Å². The summed E-state index contributed by atoms with van der Waals surface area (Å²) in [7, 11) is 2.82. The van der Waals surface area contributed by atoms with Gasteiger partial charge in [-0.15, -0.1) is 0 Å². The molecule has 6 heteroatoms. The van der Waals surface area contributed by atoms with E-state index in [-0.39, 0.29) is 0 Å². The molecule has 0 rings (SSSR count). The fourth-order valence-electron chi connectivity index (χ4n) is 0. The molecule has 0 aliphatic heterocycles. The van der Waals surface area contributed by atoms with E-state index in [0.717, 1.165) is 0 Å². The van der Waals surface area contributed by atoms with Gasteiger partial charge in [-0.3, -0.25) is 0 Å². The van der Waals surface area contributed by atoms with Gasteiger partial charge in [0.2, 0.25) is 0 Å². The monoisotopic (exact) mass is 528 g/mol. The molecule has 0 unspecified atom stereocenters. The molecule has 0 saturated heterocycles. The molecule has 0 aromatic rings. The van der Waals surface area contributed by atoms with Crippen LogP contribution >= 0.6 is 69.4 Å². The third-order valence-corrected chi connectivity index (χ3v) is 0. The van der Waals surface area contributed by atoms with Crippen molar-refractivity contribution in [2.24, 2.45) is 0 Å². The maximum absolute atomic E-state index is 3.00. The zero-order valence-corrected chi connectivity index (χ0v) is 11.6. The summed E-state index contributed by atoms with van der Waals surface area (Å²) in [4.78, 5) is 0. The van der Waals surface area contributed by atoms with Crippen molar-refractivity contribution in [3.63, 3.8) is 0 Å². The van der Waals surface area contributed by atoms with Crippen LogP contribution in [0.1, 0.15) is 0 Å². The minimum atomic E-state index is 1.25. The first kappa shape index (κ1) is 12.1. The molecule has 6 heavy (non-hydrogen) atoms. The Morgan fingerprint density at radius 3 is 1.17 bits per heavy atom. The standard InChI is InChI=1S/2BrH.2HI.2Ni/h4*1H;;/q;;;;2*+2/p-4. The second kappa shape index (κ2) is 15.8. The molecule has 0 aromatic heterocycles. The molecule has 0 atom stereocenters. The molecule has 0 saturated carbocycles. The average molecular weight is 531 g/mol. The Labute approximate surface area is 86.3 Å². The molecule has 0 fully saturated rings. The van der Waals surface area contributed by atoms with Gasteiger partial charge in [-0.1, -0.05) is 0 Å². The second-order valence-corrected chi connectivity index (χ2v) is 13.4. The van der Waals surface area contributed by atoms with Gasteiger partial charge in [0.1, 0.15) is 0 Å². The summed E-state index contributed by atoms with van der Waals surface area (Å²) in [5, 5.41) is 0. The van der Waals surface area contributed by atoms with Crippen molar-refractivity contribution < 1.29 is 19.0 Å². The second-order valence-electron chi connectivity index (χ2n) is 0.0904. The molecule has 0 aromatic carbocycles. The molecule has 0 heterocycles. The SMILES string of the molecule is [Br][Ni][Br].[I][Ni][I]. The zero-order chi connectivity index (χ0) is 5.41. The van der Waals surface area contributed by atoms with Crippen molar-refractivity contribution in [3.8, 4) is 0 Å². The van der Waals surface area contributed by atoms with Crippen LogP contribution in [-0.2, 0) is 19.0 Å². The van der Waals surface area contributed by atoms with Crippen molar-refractivity contribution in [2.75, 3.05) is 0 Å². The van der Waals surface area contributed by atoms with Crippen LogP contribution in [0.4, 0.5) is 0 Å². The number of hydrogen-bond acceptors (Lipinski definition) is 0. The normalized spacial score (nSPS) is 7.33. The van der Waals surface area contributed by atoms with Gasteiger partial charge in [-0.2, -0.15) is 0 Å². The molecular weight excluding hydrogens is 531 g/mol. The van der Waals surface area contributed by atoms with Crippen molar-refractivity contribution >= 4 is 69.4 Å². The fourth-order valence-corrected chi connectivity index (χ4v) is 0. The molecule has 48 valence electrons. The maximum atomic E-state index is 3.00. The molecule has 0 N–H and O–H groups in total. The topological polar surface area (TPSA) is 0 Å². The molecule has 0 nitrogen and oxygen atoms in total. The summed E-state index contributed by atoms with van der Waals surface area (Å²) in [5.74, 6) is 0. The number of rotatable bonds is 0. The molecule has 0 bridgehead atoms. The van der Waals surface area contributed by atoms with Crippen LogP contribution in [0.15, 0.2) is 0 Å². The van der Waals surface area contributed by atoms with E-state index in [1.165, 1.54) is 10.9 Å². The summed E-state index contributed by atoms with van der Waals surface area (Å²) >= 11 is 10.4. The Morgan fingerprint density at radius 2 is 1.17 bits per heavy atom. The van der Waals surface area contributed by atoms with Crippen LogP contribution in [0.3, 0.4) is 0 Å². The molecule has 0 spiro atoms. The first-order chi connectivity index (χ1) is 2.83. The Bertz CT molecular complexity index is 11.5. The van der Waals surface area contributed by atoms with E-state index in [9.17, 15) is 0 Å². The fraction of sp³-hybridized carbons (Fsp3) is 0. The predicted octanol–water partition coefficient (Wildman–Crippen LogP) is 3.46. The van der Waals surface area contributed by atoms with Gasteiger partial charge < -0.3 is 0 Å². The van der Waals surface area contributed by atoms with Gasteiger partial charge in [-0.25, -0.2) is 0 Å². The van der Waals surface area contributed by atoms with Crippen molar-refractivity contribution in [3.05, 3.63) is 0 Å². The third kappa shape index (κ3) is 26.2.